The summed E-state index contributed by atoms with van der Waals surface area (Å²) < 4.78 is 0. The summed E-state index contributed by atoms with van der Waals surface area (Å²) in [5.41, 5.74) is 8.47. The standard InChI is InChI=1S/C36H43N3O2/c1-35-23-32(25-8-14-29(15-9-25)39(4)5)34-30-17-11-27(37-41)22-26(30)10-16-31(34)33(35)19-21-36(35,40)20-18-24-6-12-28(13-7-24)38(2)3/h6-9,12-15,22,31-33,40-41H,10-11,16-17,19,21,23H2,1-5H3/b37-27+/t31-,32+,33-,35-,36-/m0/s1. The van der Waals surface area contributed by atoms with Crippen molar-refractivity contribution in [1.82, 2.24) is 0 Å². The molecule has 2 aromatic rings. The van der Waals surface area contributed by atoms with Crippen LogP contribution in [-0.2, 0) is 0 Å². The zero-order chi connectivity index (χ0) is 28.9. The van der Waals surface area contributed by atoms with Crippen molar-refractivity contribution in [2.24, 2.45) is 22.4 Å². The van der Waals surface area contributed by atoms with Crippen molar-refractivity contribution in [1.29, 1.82) is 0 Å². The van der Waals surface area contributed by atoms with E-state index >= 15 is 0 Å². The molecule has 0 heterocycles. The second-order valence-corrected chi connectivity index (χ2v) is 13.2. The molecular weight excluding hydrogens is 506 g/mol. The smallest absolute Gasteiger partial charge is 0.131 e. The maximum Gasteiger partial charge on any atom is 0.131 e. The Bertz CT molecular complexity index is 1470. The minimum atomic E-state index is -1.03. The minimum Gasteiger partial charge on any atom is -0.411 e. The monoisotopic (exact) mass is 549 g/mol. The number of rotatable bonds is 3. The zero-order valence-corrected chi connectivity index (χ0v) is 25.1. The topological polar surface area (TPSA) is 59.3 Å². The van der Waals surface area contributed by atoms with Gasteiger partial charge in [0.2, 0.25) is 0 Å². The van der Waals surface area contributed by atoms with Gasteiger partial charge >= 0.3 is 0 Å². The lowest BCUT2D eigenvalue weighted by Crippen LogP contribution is -2.51. The van der Waals surface area contributed by atoms with Gasteiger partial charge < -0.3 is 20.1 Å². The fraction of sp³-hybridized carbons (Fsp3) is 0.472. The number of aliphatic hydroxyl groups is 1. The van der Waals surface area contributed by atoms with Crippen molar-refractivity contribution in [2.75, 3.05) is 38.0 Å². The van der Waals surface area contributed by atoms with Gasteiger partial charge in [-0.2, -0.15) is 0 Å². The molecule has 214 valence electrons. The molecule has 0 unspecified atom stereocenters. The molecule has 2 N–H and O–H groups in total. The van der Waals surface area contributed by atoms with Crippen LogP contribution in [0.2, 0.25) is 0 Å². The maximum absolute atomic E-state index is 12.4. The average Bonchev–Trinajstić information content (AvgIpc) is 3.25. The molecule has 0 spiro atoms. The van der Waals surface area contributed by atoms with Crippen LogP contribution in [0.4, 0.5) is 11.4 Å². The molecule has 0 aromatic heterocycles. The Kier molecular flexibility index (Phi) is 7.02. The summed E-state index contributed by atoms with van der Waals surface area (Å²) in [6.45, 7) is 2.32. The fourth-order valence-corrected chi connectivity index (χ4v) is 8.28. The Labute approximate surface area is 245 Å². The molecule has 41 heavy (non-hydrogen) atoms. The number of hydrogen-bond donors (Lipinski definition) is 2. The minimum absolute atomic E-state index is 0.231. The van der Waals surface area contributed by atoms with E-state index in [2.05, 4.69) is 102 Å². The van der Waals surface area contributed by atoms with Crippen molar-refractivity contribution in [3.05, 3.63) is 82.5 Å². The van der Waals surface area contributed by atoms with Crippen LogP contribution < -0.4 is 9.80 Å². The van der Waals surface area contributed by atoms with Gasteiger partial charge in [0, 0.05) is 56.5 Å². The summed E-state index contributed by atoms with van der Waals surface area (Å²) in [7, 11) is 8.23. The molecule has 2 aromatic carbocycles. The Morgan fingerprint density at radius 3 is 2.17 bits per heavy atom. The summed E-state index contributed by atoms with van der Waals surface area (Å²) in [6, 6.07) is 17.3. The second-order valence-electron chi connectivity index (χ2n) is 13.2. The molecule has 5 heteroatoms. The average molecular weight is 550 g/mol. The van der Waals surface area contributed by atoms with E-state index in [1.54, 1.807) is 5.57 Å². The quantitative estimate of drug-likeness (QED) is 0.252. The Morgan fingerprint density at radius 1 is 0.878 bits per heavy atom. The molecule has 2 fully saturated rings. The second kappa shape index (κ2) is 10.4. The van der Waals surface area contributed by atoms with E-state index in [1.165, 1.54) is 22.4 Å². The highest BCUT2D eigenvalue weighted by Crippen LogP contribution is 2.66. The van der Waals surface area contributed by atoms with Crippen LogP contribution in [-0.4, -0.2) is 49.8 Å². The number of allylic oxidation sites excluding steroid dienone is 4. The number of benzene rings is 2. The van der Waals surface area contributed by atoms with E-state index in [-0.39, 0.29) is 11.3 Å². The summed E-state index contributed by atoms with van der Waals surface area (Å²) in [5.74, 6) is 7.87. The van der Waals surface area contributed by atoms with Crippen LogP contribution in [0.25, 0.3) is 0 Å². The molecule has 2 saturated carbocycles. The molecule has 6 rings (SSSR count). The Morgan fingerprint density at radius 2 is 1.54 bits per heavy atom. The molecule has 0 radical (unpaired) electrons. The molecule has 0 bridgehead atoms. The molecule has 5 nitrogen and oxygen atoms in total. The van der Waals surface area contributed by atoms with Crippen LogP contribution in [0.1, 0.15) is 68.9 Å². The van der Waals surface area contributed by atoms with Crippen molar-refractivity contribution in [3.8, 4) is 11.8 Å². The van der Waals surface area contributed by atoms with E-state index in [1.807, 2.05) is 14.1 Å². The SMILES string of the molecule is CN(C)c1ccc(C#C[C@]2(O)CC[C@H]3[C@@H]4CCC5=C/C(=N/O)CCC5=C4[C@@H](c4ccc(N(C)C)cc4)C[C@@]32C)cc1. The molecule has 4 aliphatic carbocycles. The first-order valence-corrected chi connectivity index (χ1v) is 15.1. The van der Waals surface area contributed by atoms with Crippen LogP contribution in [0.5, 0.6) is 0 Å². The van der Waals surface area contributed by atoms with Crippen molar-refractivity contribution in [2.45, 2.75) is 63.4 Å². The first-order valence-electron chi connectivity index (χ1n) is 15.1. The number of fused-ring (bicyclic) bond motifs is 4. The molecule has 4 aliphatic rings. The third-order valence-corrected chi connectivity index (χ3v) is 10.6. The zero-order valence-electron chi connectivity index (χ0n) is 25.1. The first kappa shape index (κ1) is 27.7. The number of oxime groups is 1. The largest absolute Gasteiger partial charge is 0.411 e. The van der Waals surface area contributed by atoms with E-state index < -0.39 is 5.60 Å². The Hall–Kier alpha value is -3.49. The summed E-state index contributed by atoms with van der Waals surface area (Å²) >= 11 is 0. The highest BCUT2D eigenvalue weighted by Gasteiger charge is 2.62. The predicted molar refractivity (Wildman–Crippen MR) is 168 cm³/mol. The van der Waals surface area contributed by atoms with E-state index in [9.17, 15) is 10.3 Å². The number of anilines is 2. The van der Waals surface area contributed by atoms with Gasteiger partial charge in [-0.05, 0) is 116 Å². The van der Waals surface area contributed by atoms with Gasteiger partial charge in [-0.25, -0.2) is 0 Å². The number of nitrogens with zero attached hydrogens (tertiary/aromatic N) is 3. The van der Waals surface area contributed by atoms with Crippen LogP contribution in [0.3, 0.4) is 0 Å². The Balaban J connectivity index is 1.42. The molecule has 0 amide bonds. The third kappa shape index (κ3) is 4.67. The third-order valence-electron chi connectivity index (χ3n) is 10.6. The molecule has 0 saturated heterocycles. The van der Waals surface area contributed by atoms with Gasteiger partial charge in [-0.3, -0.25) is 0 Å². The van der Waals surface area contributed by atoms with E-state index in [0.717, 1.165) is 55.5 Å². The van der Waals surface area contributed by atoms with Gasteiger partial charge in [0.1, 0.15) is 5.60 Å². The van der Waals surface area contributed by atoms with Gasteiger partial charge in [0.25, 0.3) is 0 Å². The van der Waals surface area contributed by atoms with Crippen LogP contribution in [0, 0.1) is 29.1 Å². The van der Waals surface area contributed by atoms with Crippen LogP contribution >= 0.6 is 0 Å². The highest BCUT2D eigenvalue weighted by atomic mass is 16.4. The van der Waals surface area contributed by atoms with Gasteiger partial charge in [-0.15, -0.1) is 0 Å². The fourth-order valence-electron chi connectivity index (χ4n) is 8.28. The van der Waals surface area contributed by atoms with Gasteiger partial charge in [0.05, 0.1) is 5.71 Å². The number of hydrogen-bond acceptors (Lipinski definition) is 5. The molecule has 0 aliphatic heterocycles. The lowest BCUT2D eigenvalue weighted by molar-refractivity contribution is -0.0513. The normalized spacial score (nSPS) is 31.4. The summed E-state index contributed by atoms with van der Waals surface area (Å²) in [4.78, 5) is 4.22. The van der Waals surface area contributed by atoms with Crippen LogP contribution in [0.15, 0.2) is 76.5 Å². The first-order chi connectivity index (χ1) is 19.6. The lowest BCUT2D eigenvalue weighted by Gasteiger charge is -2.53. The molecule has 5 atom stereocenters. The van der Waals surface area contributed by atoms with Crippen molar-refractivity contribution < 1.29 is 10.3 Å². The lowest BCUT2D eigenvalue weighted by atomic mass is 9.51. The van der Waals surface area contributed by atoms with Crippen molar-refractivity contribution >= 4 is 17.1 Å². The highest BCUT2D eigenvalue weighted by molar-refractivity contribution is 5.97. The van der Waals surface area contributed by atoms with Gasteiger partial charge in [0.15, 0.2) is 0 Å². The predicted octanol–water partition coefficient (Wildman–Crippen LogP) is 6.76. The summed E-state index contributed by atoms with van der Waals surface area (Å²) in [6.07, 6.45) is 8.51. The van der Waals surface area contributed by atoms with E-state index in [0.29, 0.717) is 18.3 Å². The maximum atomic E-state index is 12.4. The van der Waals surface area contributed by atoms with Gasteiger partial charge in [-0.1, -0.05) is 41.6 Å². The molecular formula is C36H43N3O2. The summed E-state index contributed by atoms with van der Waals surface area (Å²) in [5, 5.41) is 25.4. The van der Waals surface area contributed by atoms with E-state index in [4.69, 9.17) is 0 Å². The van der Waals surface area contributed by atoms with Crippen molar-refractivity contribution in [3.63, 3.8) is 0 Å².